The minimum absolute atomic E-state index is 0. The van der Waals surface area contributed by atoms with Crippen LogP contribution >= 0.6 is 24.0 Å². The van der Waals surface area contributed by atoms with Crippen LogP contribution in [0.25, 0.3) is 0 Å². The molecule has 2 fully saturated rings. The van der Waals surface area contributed by atoms with Crippen LogP contribution in [0, 0.1) is 11.8 Å². The van der Waals surface area contributed by atoms with E-state index in [9.17, 15) is 4.79 Å². The van der Waals surface area contributed by atoms with Gasteiger partial charge in [-0.15, -0.1) is 24.0 Å². The molecule has 0 heterocycles. The second kappa shape index (κ2) is 12.1. The van der Waals surface area contributed by atoms with E-state index in [0.29, 0.717) is 13.1 Å². The van der Waals surface area contributed by atoms with E-state index in [1.165, 1.54) is 19.3 Å². The molecule has 0 spiro atoms. The standard InChI is InChI=1S/C21H32N4O2.HI/c1-22-21(24-13-5-12-23-20(26)17-7-4-8-17)25-14-18-6-2-3-9-19(18)27-15-16-10-11-16;/h2-3,6,9,16-17H,4-5,7-8,10-15H2,1H3,(H,23,26)(H2,22,24,25);1H. The van der Waals surface area contributed by atoms with Crippen molar-refractivity contribution in [2.24, 2.45) is 16.8 Å². The van der Waals surface area contributed by atoms with E-state index in [0.717, 1.165) is 55.6 Å². The molecule has 28 heavy (non-hydrogen) atoms. The highest BCUT2D eigenvalue weighted by atomic mass is 127. The fourth-order valence-corrected chi connectivity index (χ4v) is 3.00. The number of nitrogens with one attached hydrogen (secondary N) is 3. The zero-order valence-electron chi connectivity index (χ0n) is 16.7. The third kappa shape index (κ3) is 7.48. The average Bonchev–Trinajstić information content (AvgIpc) is 3.46. The predicted molar refractivity (Wildman–Crippen MR) is 123 cm³/mol. The zero-order valence-corrected chi connectivity index (χ0v) is 19.0. The molecule has 0 aromatic heterocycles. The molecule has 7 heteroatoms. The Labute approximate surface area is 185 Å². The number of rotatable bonds is 10. The third-order valence-electron chi connectivity index (χ3n) is 5.24. The molecule has 0 radical (unpaired) electrons. The van der Waals surface area contributed by atoms with E-state index >= 15 is 0 Å². The molecule has 1 aromatic rings. The molecule has 156 valence electrons. The number of amides is 1. The van der Waals surface area contributed by atoms with E-state index in [2.05, 4.69) is 27.0 Å². The first-order chi connectivity index (χ1) is 13.3. The van der Waals surface area contributed by atoms with Crippen molar-refractivity contribution in [3.63, 3.8) is 0 Å². The van der Waals surface area contributed by atoms with Crippen molar-refractivity contribution in [3.8, 4) is 5.75 Å². The smallest absolute Gasteiger partial charge is 0.223 e. The zero-order chi connectivity index (χ0) is 18.9. The number of aliphatic imine (C=N–C) groups is 1. The lowest BCUT2D eigenvalue weighted by atomic mass is 9.85. The molecule has 0 unspecified atom stereocenters. The summed E-state index contributed by atoms with van der Waals surface area (Å²) in [5.74, 6) is 2.93. The van der Waals surface area contributed by atoms with Crippen LogP contribution in [0.5, 0.6) is 5.75 Å². The number of guanidine groups is 1. The molecule has 3 N–H and O–H groups in total. The third-order valence-corrected chi connectivity index (χ3v) is 5.24. The van der Waals surface area contributed by atoms with Gasteiger partial charge in [0.15, 0.2) is 5.96 Å². The fourth-order valence-electron chi connectivity index (χ4n) is 3.00. The van der Waals surface area contributed by atoms with Crippen LogP contribution in [0.3, 0.4) is 0 Å². The Morgan fingerprint density at radius 2 is 1.86 bits per heavy atom. The quantitative estimate of drug-likeness (QED) is 0.200. The van der Waals surface area contributed by atoms with Crippen molar-refractivity contribution in [2.45, 2.75) is 45.1 Å². The van der Waals surface area contributed by atoms with Crippen molar-refractivity contribution in [1.82, 2.24) is 16.0 Å². The van der Waals surface area contributed by atoms with Gasteiger partial charge in [-0.25, -0.2) is 0 Å². The highest BCUT2D eigenvalue weighted by Gasteiger charge is 2.24. The minimum atomic E-state index is 0. The van der Waals surface area contributed by atoms with Crippen molar-refractivity contribution < 1.29 is 9.53 Å². The Hall–Kier alpha value is -1.51. The van der Waals surface area contributed by atoms with Gasteiger partial charge in [0.25, 0.3) is 0 Å². The van der Waals surface area contributed by atoms with Gasteiger partial charge in [0, 0.05) is 38.2 Å². The molecular weight excluding hydrogens is 467 g/mol. The lowest BCUT2D eigenvalue weighted by molar-refractivity contribution is -0.127. The van der Waals surface area contributed by atoms with Crippen LogP contribution in [-0.2, 0) is 11.3 Å². The largest absolute Gasteiger partial charge is 0.493 e. The van der Waals surface area contributed by atoms with Crippen LogP contribution in [0.4, 0.5) is 0 Å². The highest BCUT2D eigenvalue weighted by molar-refractivity contribution is 14.0. The number of para-hydroxylation sites is 1. The Morgan fingerprint density at radius 1 is 1.11 bits per heavy atom. The van der Waals surface area contributed by atoms with E-state index in [1.807, 2.05) is 18.2 Å². The van der Waals surface area contributed by atoms with Gasteiger partial charge >= 0.3 is 0 Å². The number of hydrogen-bond donors (Lipinski definition) is 3. The molecule has 0 bridgehead atoms. The lowest BCUT2D eigenvalue weighted by Gasteiger charge is -2.24. The Kier molecular flexibility index (Phi) is 9.87. The SMILES string of the molecule is CN=C(NCCCNC(=O)C1CCC1)NCc1ccccc1OCC1CC1.I. The maximum atomic E-state index is 11.8. The first kappa shape index (κ1) is 22.8. The van der Waals surface area contributed by atoms with E-state index < -0.39 is 0 Å². The summed E-state index contributed by atoms with van der Waals surface area (Å²) in [6.07, 6.45) is 6.74. The normalized spacial score (nSPS) is 16.5. The van der Waals surface area contributed by atoms with Crippen molar-refractivity contribution >= 4 is 35.8 Å². The maximum absolute atomic E-state index is 11.8. The summed E-state index contributed by atoms with van der Waals surface area (Å²) in [6, 6.07) is 8.15. The van der Waals surface area contributed by atoms with Gasteiger partial charge in [-0.2, -0.15) is 0 Å². The number of benzene rings is 1. The Balaban J connectivity index is 0.00000280. The van der Waals surface area contributed by atoms with Gasteiger partial charge in [0.1, 0.15) is 5.75 Å². The van der Waals surface area contributed by atoms with Crippen LogP contribution in [0.15, 0.2) is 29.3 Å². The van der Waals surface area contributed by atoms with Crippen LogP contribution in [-0.4, -0.2) is 38.6 Å². The molecule has 3 rings (SSSR count). The monoisotopic (exact) mass is 500 g/mol. The number of ether oxygens (including phenoxy) is 1. The summed E-state index contributed by atoms with van der Waals surface area (Å²) >= 11 is 0. The molecule has 0 aliphatic heterocycles. The van der Waals surface area contributed by atoms with Crippen molar-refractivity contribution in [3.05, 3.63) is 29.8 Å². The van der Waals surface area contributed by atoms with E-state index in [-0.39, 0.29) is 35.8 Å². The number of carbonyl (C=O) groups is 1. The fraction of sp³-hybridized carbons (Fsp3) is 0.619. The molecule has 2 aliphatic carbocycles. The molecule has 0 atom stereocenters. The summed E-state index contributed by atoms with van der Waals surface area (Å²) < 4.78 is 5.96. The summed E-state index contributed by atoms with van der Waals surface area (Å²) in [4.78, 5) is 16.1. The Bertz CT molecular complexity index is 645. The van der Waals surface area contributed by atoms with Crippen LogP contribution < -0.4 is 20.7 Å². The Morgan fingerprint density at radius 3 is 2.54 bits per heavy atom. The lowest BCUT2D eigenvalue weighted by Crippen LogP contribution is -2.39. The molecular formula is C21H33IN4O2. The number of hydrogen-bond acceptors (Lipinski definition) is 3. The van der Waals surface area contributed by atoms with Crippen molar-refractivity contribution in [1.29, 1.82) is 0 Å². The first-order valence-corrected chi connectivity index (χ1v) is 10.2. The minimum Gasteiger partial charge on any atom is -0.493 e. The summed E-state index contributed by atoms with van der Waals surface area (Å²) in [5, 5.41) is 9.65. The molecule has 1 amide bonds. The summed E-state index contributed by atoms with van der Waals surface area (Å²) in [7, 11) is 1.77. The molecule has 1 aromatic carbocycles. The van der Waals surface area contributed by atoms with E-state index in [4.69, 9.17) is 4.74 Å². The van der Waals surface area contributed by atoms with Gasteiger partial charge < -0.3 is 20.7 Å². The van der Waals surface area contributed by atoms with Gasteiger partial charge in [-0.05, 0) is 44.1 Å². The number of nitrogens with zero attached hydrogens (tertiary/aromatic N) is 1. The second-order valence-electron chi connectivity index (χ2n) is 7.49. The molecule has 2 saturated carbocycles. The molecule has 2 aliphatic rings. The van der Waals surface area contributed by atoms with Crippen LogP contribution in [0.2, 0.25) is 0 Å². The van der Waals surface area contributed by atoms with Gasteiger partial charge in [-0.3, -0.25) is 9.79 Å². The second-order valence-corrected chi connectivity index (χ2v) is 7.49. The average molecular weight is 500 g/mol. The van der Waals surface area contributed by atoms with E-state index in [1.54, 1.807) is 7.05 Å². The summed E-state index contributed by atoms with van der Waals surface area (Å²) in [6.45, 7) is 2.96. The molecule has 6 nitrogen and oxygen atoms in total. The van der Waals surface area contributed by atoms with Crippen LogP contribution in [0.1, 0.15) is 44.1 Å². The summed E-state index contributed by atoms with van der Waals surface area (Å²) in [5.41, 5.74) is 1.13. The molecule has 0 saturated heterocycles. The maximum Gasteiger partial charge on any atom is 0.223 e. The number of carbonyl (C=O) groups excluding carboxylic acids is 1. The predicted octanol–water partition coefficient (Wildman–Crippen LogP) is 3.06. The van der Waals surface area contributed by atoms with Gasteiger partial charge in [0.05, 0.1) is 6.61 Å². The van der Waals surface area contributed by atoms with Gasteiger partial charge in [0.2, 0.25) is 5.91 Å². The first-order valence-electron chi connectivity index (χ1n) is 10.2. The topological polar surface area (TPSA) is 74.8 Å². The van der Waals surface area contributed by atoms with Crippen molar-refractivity contribution in [2.75, 3.05) is 26.7 Å². The van der Waals surface area contributed by atoms with Gasteiger partial charge in [-0.1, -0.05) is 24.6 Å². The number of halogens is 1. The highest BCUT2D eigenvalue weighted by Crippen LogP contribution is 2.30.